The van der Waals surface area contributed by atoms with Gasteiger partial charge in [-0.15, -0.1) is 11.3 Å². The molecule has 0 aliphatic carbocycles. The highest BCUT2D eigenvalue weighted by Gasteiger charge is 2.27. The molecule has 0 saturated heterocycles. The van der Waals surface area contributed by atoms with Crippen LogP contribution in [-0.2, 0) is 16.6 Å². The molecule has 0 bridgehead atoms. The number of aromatic nitrogens is 1. The molecule has 7 heteroatoms. The molecule has 2 rings (SSSR count). The van der Waals surface area contributed by atoms with Crippen molar-refractivity contribution in [1.29, 1.82) is 5.26 Å². The zero-order valence-corrected chi connectivity index (χ0v) is 14.1. The van der Waals surface area contributed by atoms with Crippen LogP contribution < -0.4 is 0 Å². The summed E-state index contributed by atoms with van der Waals surface area (Å²) in [5.74, 6) is 0. The molecular weight excluding hydrogens is 318 g/mol. The lowest BCUT2D eigenvalue weighted by Gasteiger charge is -2.21. The molecule has 0 fully saturated rings. The molecule has 0 N–H and O–H groups in total. The Morgan fingerprint density at radius 1 is 1.41 bits per heavy atom. The van der Waals surface area contributed by atoms with Crippen molar-refractivity contribution in [2.45, 2.75) is 31.7 Å². The van der Waals surface area contributed by atoms with Gasteiger partial charge in [-0.1, -0.05) is 6.07 Å². The van der Waals surface area contributed by atoms with Crippen molar-refractivity contribution < 1.29 is 8.42 Å². The van der Waals surface area contributed by atoms with Gasteiger partial charge < -0.3 is 0 Å². The van der Waals surface area contributed by atoms with Crippen LogP contribution in [0, 0.1) is 25.2 Å². The second-order valence-electron chi connectivity index (χ2n) is 4.89. The van der Waals surface area contributed by atoms with Crippen LogP contribution in [0.1, 0.15) is 21.7 Å². The van der Waals surface area contributed by atoms with Crippen molar-refractivity contribution in [2.75, 3.05) is 6.54 Å². The van der Waals surface area contributed by atoms with Crippen LogP contribution >= 0.6 is 11.3 Å². The molecule has 22 heavy (non-hydrogen) atoms. The lowest BCUT2D eigenvalue weighted by atomic mass is 10.3. The summed E-state index contributed by atoms with van der Waals surface area (Å²) >= 11 is 1.46. The Hall–Kier alpha value is -1.75. The van der Waals surface area contributed by atoms with Crippen molar-refractivity contribution in [1.82, 2.24) is 9.29 Å². The van der Waals surface area contributed by atoms with Gasteiger partial charge in [-0.25, -0.2) is 8.42 Å². The molecule has 2 aromatic rings. The summed E-state index contributed by atoms with van der Waals surface area (Å²) in [4.78, 5) is 6.07. The number of hydrogen-bond donors (Lipinski definition) is 0. The number of aryl methyl sites for hydroxylation is 2. The minimum atomic E-state index is -3.62. The summed E-state index contributed by atoms with van der Waals surface area (Å²) in [6.45, 7) is 4.07. The highest BCUT2D eigenvalue weighted by molar-refractivity contribution is 7.89. The molecule has 5 nitrogen and oxygen atoms in total. The number of nitrogens with zero attached hydrogens (tertiary/aromatic N) is 3. The van der Waals surface area contributed by atoms with Crippen molar-refractivity contribution in [3.63, 3.8) is 0 Å². The maximum Gasteiger partial charge on any atom is 0.244 e. The fourth-order valence-electron chi connectivity index (χ4n) is 2.16. The first kappa shape index (κ1) is 16.6. The van der Waals surface area contributed by atoms with Crippen molar-refractivity contribution in [3.8, 4) is 6.07 Å². The summed E-state index contributed by atoms with van der Waals surface area (Å²) in [5.41, 5.74) is 0.800. The van der Waals surface area contributed by atoms with Crippen molar-refractivity contribution in [3.05, 3.63) is 45.9 Å². The van der Waals surface area contributed by atoms with Gasteiger partial charge in [-0.2, -0.15) is 9.57 Å². The van der Waals surface area contributed by atoms with E-state index in [0.29, 0.717) is 4.90 Å². The third-order valence-corrected chi connectivity index (χ3v) is 6.23. The van der Waals surface area contributed by atoms with Gasteiger partial charge in [0.15, 0.2) is 0 Å². The van der Waals surface area contributed by atoms with Gasteiger partial charge in [-0.3, -0.25) is 4.98 Å². The summed E-state index contributed by atoms with van der Waals surface area (Å²) in [5, 5.41) is 8.79. The molecule has 0 aromatic carbocycles. The number of nitriles is 1. The maximum absolute atomic E-state index is 12.9. The predicted octanol–water partition coefficient (Wildman–Crippen LogP) is 2.86. The fourth-order valence-corrected chi connectivity index (χ4v) is 5.11. The number of thiophene rings is 1. The minimum Gasteiger partial charge on any atom is -0.264 e. The van der Waals surface area contributed by atoms with Gasteiger partial charge in [-0.05, 0) is 31.5 Å². The molecule has 0 aliphatic rings. The number of sulfonamides is 1. The monoisotopic (exact) mass is 335 g/mol. The van der Waals surface area contributed by atoms with E-state index in [1.165, 1.54) is 15.6 Å². The molecule has 0 spiro atoms. The van der Waals surface area contributed by atoms with Gasteiger partial charge in [0.2, 0.25) is 10.0 Å². The zero-order chi connectivity index (χ0) is 16.2. The molecule has 2 aromatic heterocycles. The third kappa shape index (κ3) is 3.71. The lowest BCUT2D eigenvalue weighted by Crippen LogP contribution is -2.31. The van der Waals surface area contributed by atoms with E-state index in [2.05, 4.69) is 4.98 Å². The average Bonchev–Trinajstić information content (AvgIpc) is 2.84. The van der Waals surface area contributed by atoms with Crippen LogP contribution in [0.3, 0.4) is 0 Å². The van der Waals surface area contributed by atoms with Crippen LogP contribution in [0.2, 0.25) is 0 Å². The fraction of sp³-hybridized carbons (Fsp3) is 0.333. The number of rotatable bonds is 6. The first-order chi connectivity index (χ1) is 10.4. The third-order valence-electron chi connectivity index (χ3n) is 3.17. The molecule has 0 unspecified atom stereocenters. The van der Waals surface area contributed by atoms with Crippen LogP contribution in [0.15, 0.2) is 35.5 Å². The molecule has 0 saturated carbocycles. The van der Waals surface area contributed by atoms with E-state index in [4.69, 9.17) is 5.26 Å². The SMILES string of the molecule is Cc1cc(S(=O)(=O)N(CCC#N)Cc2cccnc2)c(C)s1. The van der Waals surface area contributed by atoms with Crippen molar-refractivity contribution in [2.24, 2.45) is 0 Å². The van der Waals surface area contributed by atoms with E-state index in [-0.39, 0.29) is 19.5 Å². The van der Waals surface area contributed by atoms with E-state index in [1.807, 2.05) is 19.1 Å². The second kappa shape index (κ2) is 7.01. The highest BCUT2D eigenvalue weighted by atomic mass is 32.2. The standard InChI is InChI=1S/C15H17N3O2S2/c1-12-9-15(13(2)21-12)22(19,20)18(8-4-6-16)11-14-5-3-7-17-10-14/h3,5,7,9-10H,4,8,11H2,1-2H3. The van der Waals surface area contributed by atoms with Crippen LogP contribution in [0.25, 0.3) is 0 Å². The Balaban J connectivity index is 2.35. The van der Waals surface area contributed by atoms with Gasteiger partial charge in [0.1, 0.15) is 0 Å². The van der Waals surface area contributed by atoms with Crippen LogP contribution in [-0.4, -0.2) is 24.3 Å². The summed E-state index contributed by atoms with van der Waals surface area (Å²) in [6.07, 6.45) is 3.44. The van der Waals surface area contributed by atoms with E-state index in [0.717, 1.165) is 15.3 Å². The maximum atomic E-state index is 12.9. The van der Waals surface area contributed by atoms with E-state index in [9.17, 15) is 8.42 Å². The summed E-state index contributed by atoms with van der Waals surface area (Å²) in [6, 6.07) is 7.30. The Bertz CT molecular complexity index is 777. The number of hydrogen-bond acceptors (Lipinski definition) is 5. The predicted molar refractivity (Wildman–Crippen MR) is 85.9 cm³/mol. The Morgan fingerprint density at radius 3 is 2.73 bits per heavy atom. The Morgan fingerprint density at radius 2 is 2.18 bits per heavy atom. The topological polar surface area (TPSA) is 74.1 Å². The molecule has 116 valence electrons. The molecule has 0 amide bonds. The quantitative estimate of drug-likeness (QED) is 0.813. The molecule has 0 radical (unpaired) electrons. The van der Waals surface area contributed by atoms with Gasteiger partial charge in [0.25, 0.3) is 0 Å². The Labute approximate surface area is 134 Å². The van der Waals surface area contributed by atoms with Gasteiger partial charge in [0.05, 0.1) is 11.0 Å². The lowest BCUT2D eigenvalue weighted by molar-refractivity contribution is 0.413. The minimum absolute atomic E-state index is 0.154. The van der Waals surface area contributed by atoms with Crippen molar-refractivity contribution >= 4 is 21.4 Å². The van der Waals surface area contributed by atoms with E-state index >= 15 is 0 Å². The molecular formula is C15H17N3O2S2. The highest BCUT2D eigenvalue weighted by Crippen LogP contribution is 2.28. The normalized spacial score (nSPS) is 11.5. The Kier molecular flexibility index (Phi) is 5.29. The average molecular weight is 335 g/mol. The van der Waals surface area contributed by atoms with E-state index in [1.54, 1.807) is 31.5 Å². The first-order valence-electron chi connectivity index (χ1n) is 6.78. The van der Waals surface area contributed by atoms with Gasteiger partial charge >= 0.3 is 0 Å². The smallest absolute Gasteiger partial charge is 0.244 e. The van der Waals surface area contributed by atoms with Crippen LogP contribution in [0.5, 0.6) is 0 Å². The van der Waals surface area contributed by atoms with Gasteiger partial charge in [0, 0.05) is 41.7 Å². The molecule has 0 aliphatic heterocycles. The molecule has 2 heterocycles. The number of pyridine rings is 1. The zero-order valence-electron chi connectivity index (χ0n) is 12.5. The van der Waals surface area contributed by atoms with E-state index < -0.39 is 10.0 Å². The largest absolute Gasteiger partial charge is 0.264 e. The summed E-state index contributed by atoms with van der Waals surface area (Å²) < 4.78 is 27.1. The molecule has 0 atom stereocenters. The summed E-state index contributed by atoms with van der Waals surface area (Å²) in [7, 11) is -3.62. The second-order valence-corrected chi connectivity index (χ2v) is 8.25. The first-order valence-corrected chi connectivity index (χ1v) is 9.04. The van der Waals surface area contributed by atoms with Crippen LogP contribution in [0.4, 0.5) is 0 Å².